The Kier molecular flexibility index (Phi) is 4.59. The van der Waals surface area contributed by atoms with Crippen LogP contribution in [0.4, 0.5) is 8.78 Å². The quantitative estimate of drug-likeness (QED) is 0.808. The van der Waals surface area contributed by atoms with Crippen LogP contribution >= 0.6 is 22.6 Å². The zero-order valence-electron chi connectivity index (χ0n) is 11.1. The third-order valence-electron chi connectivity index (χ3n) is 3.16. The first kappa shape index (κ1) is 15.2. The van der Waals surface area contributed by atoms with Gasteiger partial charge in [-0.25, -0.2) is 8.78 Å². The van der Waals surface area contributed by atoms with Gasteiger partial charge >= 0.3 is 0 Å². The molecule has 0 aliphatic heterocycles. The van der Waals surface area contributed by atoms with Gasteiger partial charge in [0.05, 0.1) is 13.2 Å². The van der Waals surface area contributed by atoms with Crippen LogP contribution in [0, 0.1) is 22.1 Å². The largest absolute Gasteiger partial charge is 0.497 e. The van der Waals surface area contributed by atoms with Crippen LogP contribution in [0.15, 0.2) is 30.3 Å². The summed E-state index contributed by atoms with van der Waals surface area (Å²) in [6.07, 6.45) is 0. The maximum absolute atomic E-state index is 14.1. The van der Waals surface area contributed by atoms with Crippen molar-refractivity contribution in [2.45, 2.75) is 13.0 Å². The third-order valence-corrected chi connectivity index (χ3v) is 4.63. The van der Waals surface area contributed by atoms with Gasteiger partial charge in [-0.15, -0.1) is 0 Å². The highest BCUT2D eigenvalue weighted by molar-refractivity contribution is 14.1. The van der Waals surface area contributed by atoms with Gasteiger partial charge in [-0.1, -0.05) is 18.2 Å². The predicted molar refractivity (Wildman–Crippen MR) is 82.8 cm³/mol. The lowest BCUT2D eigenvalue weighted by molar-refractivity contribution is 0.404. The highest BCUT2D eigenvalue weighted by Crippen LogP contribution is 2.31. The van der Waals surface area contributed by atoms with Gasteiger partial charge in [-0.3, -0.25) is 0 Å². The van der Waals surface area contributed by atoms with Crippen molar-refractivity contribution in [3.63, 3.8) is 0 Å². The van der Waals surface area contributed by atoms with Crippen molar-refractivity contribution in [1.29, 1.82) is 0 Å². The molecule has 0 fully saturated rings. The lowest BCUT2D eigenvalue weighted by Gasteiger charge is -2.17. The molecule has 2 rings (SSSR count). The summed E-state index contributed by atoms with van der Waals surface area (Å²) in [5, 5.41) is 0. The second kappa shape index (κ2) is 6.05. The summed E-state index contributed by atoms with van der Waals surface area (Å²) in [5.41, 5.74) is 7.63. The molecule has 0 radical (unpaired) electrons. The minimum atomic E-state index is -0.854. The molecule has 2 nitrogen and oxygen atoms in total. The number of methoxy groups -OCH3 is 1. The second-order valence-corrected chi connectivity index (χ2v) is 5.54. The van der Waals surface area contributed by atoms with E-state index in [0.717, 1.165) is 21.3 Å². The monoisotopic (exact) mass is 389 g/mol. The first-order valence-electron chi connectivity index (χ1n) is 5.99. The van der Waals surface area contributed by atoms with Gasteiger partial charge in [0.1, 0.15) is 17.4 Å². The summed E-state index contributed by atoms with van der Waals surface area (Å²) >= 11 is 2.13. The Hall–Kier alpha value is -1.21. The molecule has 0 saturated carbocycles. The topological polar surface area (TPSA) is 35.2 Å². The minimum absolute atomic E-state index is 0.134. The first-order chi connectivity index (χ1) is 9.45. The average molecular weight is 389 g/mol. The molecular weight excluding hydrogens is 375 g/mol. The van der Waals surface area contributed by atoms with Crippen molar-refractivity contribution in [3.05, 3.63) is 62.2 Å². The Labute approximate surface area is 130 Å². The van der Waals surface area contributed by atoms with Gasteiger partial charge in [-0.05, 0) is 40.6 Å². The zero-order valence-corrected chi connectivity index (χ0v) is 13.2. The number of nitrogens with two attached hydrogens (primary N) is 1. The van der Waals surface area contributed by atoms with Gasteiger partial charge in [0.15, 0.2) is 0 Å². The summed E-state index contributed by atoms with van der Waals surface area (Å²) < 4.78 is 33.9. The van der Waals surface area contributed by atoms with E-state index in [4.69, 9.17) is 10.5 Å². The molecule has 0 bridgehead atoms. The first-order valence-corrected chi connectivity index (χ1v) is 7.07. The molecule has 0 amide bonds. The van der Waals surface area contributed by atoms with Crippen molar-refractivity contribution < 1.29 is 13.5 Å². The van der Waals surface area contributed by atoms with Gasteiger partial charge in [-0.2, -0.15) is 0 Å². The number of rotatable bonds is 3. The summed E-state index contributed by atoms with van der Waals surface area (Å²) in [6.45, 7) is 1.93. The minimum Gasteiger partial charge on any atom is -0.497 e. The molecule has 0 aliphatic carbocycles. The Balaban J connectivity index is 2.54. The molecule has 20 heavy (non-hydrogen) atoms. The van der Waals surface area contributed by atoms with Gasteiger partial charge in [0, 0.05) is 21.3 Å². The standard InChI is InChI=1S/C15H14F2INO/c1-8-4-3-5-10(14(8)18)15(19)13-11(16)6-9(20-2)7-12(13)17/h3-7,15H,19H2,1-2H3. The fraction of sp³-hybridized carbons (Fsp3) is 0.200. The van der Waals surface area contributed by atoms with Crippen molar-refractivity contribution in [2.75, 3.05) is 7.11 Å². The van der Waals surface area contributed by atoms with Crippen LogP contribution < -0.4 is 10.5 Å². The maximum atomic E-state index is 14.1. The maximum Gasteiger partial charge on any atom is 0.134 e. The van der Waals surface area contributed by atoms with E-state index in [-0.39, 0.29) is 11.3 Å². The second-order valence-electron chi connectivity index (χ2n) is 4.46. The highest BCUT2D eigenvalue weighted by Gasteiger charge is 2.22. The highest BCUT2D eigenvalue weighted by atomic mass is 127. The van der Waals surface area contributed by atoms with Crippen LogP contribution in [0.1, 0.15) is 22.7 Å². The fourth-order valence-corrected chi connectivity index (χ4v) is 2.74. The number of hydrogen-bond donors (Lipinski definition) is 1. The van der Waals surface area contributed by atoms with Crippen LogP contribution in [0.3, 0.4) is 0 Å². The molecular formula is C15H14F2INO. The Morgan fingerprint density at radius 2 is 1.80 bits per heavy atom. The number of benzene rings is 2. The Morgan fingerprint density at radius 3 is 2.35 bits per heavy atom. The molecule has 2 aromatic carbocycles. The van der Waals surface area contributed by atoms with Crippen LogP contribution in [0.25, 0.3) is 0 Å². The van der Waals surface area contributed by atoms with Crippen LogP contribution in [0.5, 0.6) is 5.75 Å². The van der Waals surface area contributed by atoms with E-state index in [1.165, 1.54) is 7.11 Å². The van der Waals surface area contributed by atoms with E-state index in [1.54, 1.807) is 6.07 Å². The molecule has 2 aromatic rings. The Morgan fingerprint density at radius 1 is 1.20 bits per heavy atom. The molecule has 106 valence electrons. The number of halogens is 3. The number of aryl methyl sites for hydroxylation is 1. The molecule has 1 unspecified atom stereocenters. The molecule has 0 heterocycles. The number of ether oxygens (including phenoxy) is 1. The van der Waals surface area contributed by atoms with E-state index in [9.17, 15) is 8.78 Å². The lowest BCUT2D eigenvalue weighted by Crippen LogP contribution is -2.17. The molecule has 0 aromatic heterocycles. The van der Waals surface area contributed by atoms with Crippen molar-refractivity contribution in [2.24, 2.45) is 5.73 Å². The van der Waals surface area contributed by atoms with Crippen LogP contribution in [-0.2, 0) is 0 Å². The summed E-state index contributed by atoms with van der Waals surface area (Å²) in [5.74, 6) is -1.27. The molecule has 0 spiro atoms. The van der Waals surface area contributed by atoms with E-state index < -0.39 is 17.7 Å². The smallest absolute Gasteiger partial charge is 0.134 e. The van der Waals surface area contributed by atoms with E-state index in [1.807, 2.05) is 19.1 Å². The SMILES string of the molecule is COc1cc(F)c(C(N)c2cccc(C)c2I)c(F)c1. The number of hydrogen-bond acceptors (Lipinski definition) is 2. The lowest BCUT2D eigenvalue weighted by atomic mass is 9.97. The average Bonchev–Trinajstić information content (AvgIpc) is 2.40. The van der Waals surface area contributed by atoms with Crippen molar-refractivity contribution in [3.8, 4) is 5.75 Å². The summed E-state index contributed by atoms with van der Waals surface area (Å²) in [6, 6.07) is 6.96. The predicted octanol–water partition coefficient (Wildman–Crippen LogP) is 3.93. The molecule has 1 atom stereocenters. The fourth-order valence-electron chi connectivity index (χ4n) is 2.04. The molecule has 0 saturated heterocycles. The molecule has 0 aliphatic rings. The van der Waals surface area contributed by atoms with Crippen molar-refractivity contribution in [1.82, 2.24) is 0 Å². The zero-order chi connectivity index (χ0) is 14.9. The Bertz CT molecular complexity index is 623. The van der Waals surface area contributed by atoms with E-state index in [2.05, 4.69) is 22.6 Å². The summed E-state index contributed by atoms with van der Waals surface area (Å²) in [7, 11) is 1.36. The molecule has 5 heteroatoms. The van der Waals surface area contributed by atoms with Crippen LogP contribution in [-0.4, -0.2) is 7.11 Å². The van der Waals surface area contributed by atoms with Crippen LogP contribution in [0.2, 0.25) is 0 Å². The van der Waals surface area contributed by atoms with Crippen molar-refractivity contribution >= 4 is 22.6 Å². The third kappa shape index (κ3) is 2.78. The van der Waals surface area contributed by atoms with E-state index >= 15 is 0 Å². The van der Waals surface area contributed by atoms with Gasteiger partial charge in [0.25, 0.3) is 0 Å². The normalized spacial score (nSPS) is 12.3. The van der Waals surface area contributed by atoms with Gasteiger partial charge < -0.3 is 10.5 Å². The summed E-state index contributed by atoms with van der Waals surface area (Å²) in [4.78, 5) is 0. The van der Waals surface area contributed by atoms with E-state index in [0.29, 0.717) is 5.56 Å². The van der Waals surface area contributed by atoms with Gasteiger partial charge in [0.2, 0.25) is 0 Å². The molecule has 2 N–H and O–H groups in total.